The lowest BCUT2D eigenvalue weighted by molar-refractivity contribution is 0.751. The van der Waals surface area contributed by atoms with Gasteiger partial charge in [0.05, 0.1) is 6.20 Å². The minimum absolute atomic E-state index is 0. The quantitative estimate of drug-likeness (QED) is 0.715. The van der Waals surface area contributed by atoms with E-state index in [9.17, 15) is 0 Å². The summed E-state index contributed by atoms with van der Waals surface area (Å²) in [5.41, 5.74) is 5.77. The zero-order chi connectivity index (χ0) is 8.39. The Labute approximate surface area is 83.6 Å². The molecule has 0 spiro atoms. The van der Waals surface area contributed by atoms with Gasteiger partial charge in [-0.1, -0.05) is 0 Å². The Morgan fingerprint density at radius 2 is 2.31 bits per heavy atom. The maximum Gasteiger partial charge on any atom is 0.147 e. The molecule has 0 unspecified atom stereocenters. The van der Waals surface area contributed by atoms with E-state index in [1.807, 2.05) is 0 Å². The second kappa shape index (κ2) is 4.39. The summed E-state index contributed by atoms with van der Waals surface area (Å²) in [6.07, 6.45) is 6.22. The smallest absolute Gasteiger partial charge is 0.147 e. The van der Waals surface area contributed by atoms with Crippen molar-refractivity contribution in [3.8, 4) is 0 Å². The van der Waals surface area contributed by atoms with E-state index in [0.29, 0.717) is 6.04 Å². The van der Waals surface area contributed by atoms with E-state index in [0.717, 1.165) is 25.3 Å². The molecule has 72 valence electrons. The molecule has 4 nitrogen and oxygen atoms in total. The Balaban J connectivity index is 0.000000845. The molecule has 1 aliphatic heterocycles. The topological polar surface area (TPSA) is 55.0 Å². The average Bonchev–Trinajstić information content (AvgIpc) is 2.54. The van der Waals surface area contributed by atoms with Gasteiger partial charge in [0, 0.05) is 31.5 Å². The molecule has 0 aromatic carbocycles. The summed E-state index contributed by atoms with van der Waals surface area (Å²) in [5.74, 6) is 0.936. The first kappa shape index (κ1) is 10.2. The maximum absolute atomic E-state index is 5.77. The molecule has 2 N–H and O–H groups in total. The molecule has 1 saturated heterocycles. The normalized spacial score (nSPS) is 21.3. The van der Waals surface area contributed by atoms with Crippen LogP contribution in [0.25, 0.3) is 0 Å². The van der Waals surface area contributed by atoms with Crippen LogP contribution in [0.15, 0.2) is 18.6 Å². The minimum atomic E-state index is 0. The van der Waals surface area contributed by atoms with Crippen molar-refractivity contribution >= 4 is 18.2 Å². The molecule has 13 heavy (non-hydrogen) atoms. The largest absolute Gasteiger partial charge is 0.354 e. The van der Waals surface area contributed by atoms with Crippen LogP contribution in [0.5, 0.6) is 0 Å². The summed E-state index contributed by atoms with van der Waals surface area (Å²) in [6.45, 7) is 1.90. The lowest BCUT2D eigenvalue weighted by atomic mass is 10.3. The number of rotatable bonds is 1. The second-order valence-electron chi connectivity index (χ2n) is 3.06. The molecule has 1 aromatic rings. The standard InChI is InChI=1S/C8H12N4.ClH/c9-7-1-4-12(6-7)8-5-10-2-3-11-8;/h2-3,5,7H,1,4,6,9H2;1H/t7-;/m0./s1. The third kappa shape index (κ3) is 2.29. The fourth-order valence-corrected chi connectivity index (χ4v) is 1.45. The zero-order valence-electron chi connectivity index (χ0n) is 7.26. The van der Waals surface area contributed by atoms with Gasteiger partial charge in [-0.05, 0) is 6.42 Å². The summed E-state index contributed by atoms with van der Waals surface area (Å²) >= 11 is 0. The van der Waals surface area contributed by atoms with Gasteiger partial charge in [0.15, 0.2) is 0 Å². The first-order valence-corrected chi connectivity index (χ1v) is 4.13. The van der Waals surface area contributed by atoms with E-state index in [1.165, 1.54) is 0 Å². The Bertz CT molecular complexity index is 254. The highest BCUT2D eigenvalue weighted by Crippen LogP contribution is 2.14. The van der Waals surface area contributed by atoms with Crippen LogP contribution in [-0.2, 0) is 0 Å². The van der Waals surface area contributed by atoms with Crippen LogP contribution in [0, 0.1) is 0 Å². The Hall–Kier alpha value is -0.870. The van der Waals surface area contributed by atoms with E-state index >= 15 is 0 Å². The van der Waals surface area contributed by atoms with E-state index in [1.54, 1.807) is 18.6 Å². The number of halogens is 1. The van der Waals surface area contributed by atoms with Crippen LogP contribution in [0.3, 0.4) is 0 Å². The Morgan fingerprint density at radius 3 is 2.85 bits per heavy atom. The van der Waals surface area contributed by atoms with Crippen molar-refractivity contribution in [1.82, 2.24) is 9.97 Å². The van der Waals surface area contributed by atoms with E-state index in [-0.39, 0.29) is 12.4 Å². The molecule has 2 rings (SSSR count). The van der Waals surface area contributed by atoms with Gasteiger partial charge in [0.1, 0.15) is 5.82 Å². The zero-order valence-corrected chi connectivity index (χ0v) is 8.07. The van der Waals surface area contributed by atoms with Crippen molar-refractivity contribution in [1.29, 1.82) is 0 Å². The Morgan fingerprint density at radius 1 is 1.46 bits per heavy atom. The van der Waals surface area contributed by atoms with Crippen molar-refractivity contribution in [2.45, 2.75) is 12.5 Å². The summed E-state index contributed by atoms with van der Waals surface area (Å²) in [5, 5.41) is 0. The molecular formula is C8H13ClN4. The molecule has 1 atom stereocenters. The van der Waals surface area contributed by atoms with Crippen LogP contribution in [-0.4, -0.2) is 29.1 Å². The number of anilines is 1. The number of nitrogens with zero attached hydrogens (tertiary/aromatic N) is 3. The van der Waals surface area contributed by atoms with Gasteiger partial charge >= 0.3 is 0 Å². The lowest BCUT2D eigenvalue weighted by Crippen LogP contribution is -2.26. The van der Waals surface area contributed by atoms with Crippen LogP contribution in [0.2, 0.25) is 0 Å². The second-order valence-corrected chi connectivity index (χ2v) is 3.06. The van der Waals surface area contributed by atoms with Crippen molar-refractivity contribution < 1.29 is 0 Å². The van der Waals surface area contributed by atoms with Gasteiger partial charge in [0.25, 0.3) is 0 Å². The molecule has 1 fully saturated rings. The highest BCUT2D eigenvalue weighted by Gasteiger charge is 2.19. The molecule has 0 aliphatic carbocycles. The van der Waals surface area contributed by atoms with Crippen molar-refractivity contribution in [2.24, 2.45) is 5.73 Å². The van der Waals surface area contributed by atoms with E-state index < -0.39 is 0 Å². The van der Waals surface area contributed by atoms with Gasteiger partial charge in [0.2, 0.25) is 0 Å². The van der Waals surface area contributed by atoms with Crippen molar-refractivity contribution in [3.63, 3.8) is 0 Å². The van der Waals surface area contributed by atoms with Gasteiger partial charge in [-0.3, -0.25) is 4.98 Å². The fraction of sp³-hybridized carbons (Fsp3) is 0.500. The first-order chi connectivity index (χ1) is 5.86. The number of hydrogen-bond acceptors (Lipinski definition) is 4. The van der Waals surface area contributed by atoms with Crippen LogP contribution in [0.4, 0.5) is 5.82 Å². The van der Waals surface area contributed by atoms with Crippen LogP contribution >= 0.6 is 12.4 Å². The molecule has 0 bridgehead atoms. The summed E-state index contributed by atoms with van der Waals surface area (Å²) in [4.78, 5) is 10.4. The number of nitrogens with two attached hydrogens (primary N) is 1. The summed E-state index contributed by atoms with van der Waals surface area (Å²) in [7, 11) is 0. The van der Waals surface area contributed by atoms with Crippen molar-refractivity contribution in [2.75, 3.05) is 18.0 Å². The highest BCUT2D eigenvalue weighted by atomic mass is 35.5. The van der Waals surface area contributed by atoms with Gasteiger partial charge < -0.3 is 10.6 Å². The van der Waals surface area contributed by atoms with E-state index in [4.69, 9.17) is 5.73 Å². The molecular weight excluding hydrogens is 188 g/mol. The van der Waals surface area contributed by atoms with Gasteiger partial charge in [-0.2, -0.15) is 0 Å². The van der Waals surface area contributed by atoms with Crippen LogP contribution < -0.4 is 10.6 Å². The highest BCUT2D eigenvalue weighted by molar-refractivity contribution is 5.85. The van der Waals surface area contributed by atoms with Gasteiger partial charge in [-0.25, -0.2) is 4.98 Å². The third-order valence-corrected chi connectivity index (χ3v) is 2.10. The van der Waals surface area contributed by atoms with E-state index in [2.05, 4.69) is 14.9 Å². The minimum Gasteiger partial charge on any atom is -0.354 e. The SMILES string of the molecule is Cl.N[C@H]1CCN(c2cnccn2)C1. The Kier molecular flexibility index (Phi) is 3.45. The molecule has 1 aromatic heterocycles. The molecule has 2 heterocycles. The maximum atomic E-state index is 5.77. The number of aromatic nitrogens is 2. The fourth-order valence-electron chi connectivity index (χ4n) is 1.45. The summed E-state index contributed by atoms with van der Waals surface area (Å²) < 4.78 is 0. The average molecular weight is 201 g/mol. The molecule has 0 amide bonds. The lowest BCUT2D eigenvalue weighted by Gasteiger charge is -2.15. The third-order valence-electron chi connectivity index (χ3n) is 2.10. The first-order valence-electron chi connectivity index (χ1n) is 4.13. The molecule has 0 saturated carbocycles. The monoisotopic (exact) mass is 200 g/mol. The predicted octanol–water partition coefficient (Wildman–Crippen LogP) is 0.436. The van der Waals surface area contributed by atoms with Crippen molar-refractivity contribution in [3.05, 3.63) is 18.6 Å². The predicted molar refractivity (Wildman–Crippen MR) is 54.1 cm³/mol. The van der Waals surface area contributed by atoms with Gasteiger partial charge in [-0.15, -0.1) is 12.4 Å². The molecule has 1 aliphatic rings. The summed E-state index contributed by atoms with van der Waals surface area (Å²) in [6, 6.07) is 0.298. The number of hydrogen-bond donors (Lipinski definition) is 1. The molecule has 5 heteroatoms. The molecule has 0 radical (unpaired) electrons. The van der Waals surface area contributed by atoms with Crippen LogP contribution in [0.1, 0.15) is 6.42 Å².